The fraction of sp³-hybridized carbons (Fsp3) is 0.100. The molecule has 0 radical (unpaired) electrons. The number of nitriles is 1. The minimum absolute atomic E-state index is 0.00986. The molecule has 0 aliphatic carbocycles. The molecule has 0 aliphatic rings. The fourth-order valence-corrected chi connectivity index (χ4v) is 3.58. The number of carbonyl (C=O) groups excluding carboxylic acids is 1. The standard InChI is InChI=1S/C20H14Br2N2O2/c1-3-8-26-19-16(21)10-14(11-17(19)22)9-15(12-23)20(25)24-18-7-5-4-6-13(18)2/h1,4-7,9-11H,8H2,2H3,(H,24,25)/b15-9-. The Bertz CT molecular complexity index is 930. The van der Waals surface area contributed by atoms with E-state index in [1.807, 2.05) is 31.2 Å². The van der Waals surface area contributed by atoms with E-state index >= 15 is 0 Å². The summed E-state index contributed by atoms with van der Waals surface area (Å²) >= 11 is 6.81. The molecule has 26 heavy (non-hydrogen) atoms. The van der Waals surface area contributed by atoms with Crippen LogP contribution >= 0.6 is 31.9 Å². The number of para-hydroxylation sites is 1. The van der Waals surface area contributed by atoms with Crippen molar-refractivity contribution in [3.8, 4) is 24.2 Å². The molecule has 4 nitrogen and oxygen atoms in total. The molecule has 0 saturated carbocycles. The number of ether oxygens (including phenoxy) is 1. The lowest BCUT2D eigenvalue weighted by Crippen LogP contribution is -2.14. The molecule has 0 aliphatic heterocycles. The van der Waals surface area contributed by atoms with Crippen molar-refractivity contribution >= 4 is 49.5 Å². The molecule has 0 spiro atoms. The maximum atomic E-state index is 12.4. The Labute approximate surface area is 169 Å². The van der Waals surface area contributed by atoms with Gasteiger partial charge in [-0.2, -0.15) is 5.26 Å². The normalized spacial score (nSPS) is 10.6. The molecule has 1 amide bonds. The van der Waals surface area contributed by atoms with Gasteiger partial charge in [-0.1, -0.05) is 24.1 Å². The summed E-state index contributed by atoms with van der Waals surface area (Å²) in [5, 5.41) is 12.1. The van der Waals surface area contributed by atoms with Gasteiger partial charge in [0.1, 0.15) is 24.0 Å². The number of rotatable bonds is 5. The Morgan fingerprint density at radius 2 is 1.96 bits per heavy atom. The van der Waals surface area contributed by atoms with Crippen LogP contribution in [0.15, 0.2) is 50.9 Å². The second-order valence-electron chi connectivity index (χ2n) is 5.25. The predicted octanol–water partition coefficient (Wildman–Crippen LogP) is 5.08. The van der Waals surface area contributed by atoms with Gasteiger partial charge in [0.15, 0.2) is 0 Å². The second kappa shape index (κ2) is 9.24. The molecule has 0 saturated heterocycles. The summed E-state index contributed by atoms with van der Waals surface area (Å²) in [5.74, 6) is 2.49. The molecule has 6 heteroatoms. The Morgan fingerprint density at radius 3 is 2.54 bits per heavy atom. The topological polar surface area (TPSA) is 62.1 Å². The van der Waals surface area contributed by atoms with Crippen molar-refractivity contribution < 1.29 is 9.53 Å². The maximum Gasteiger partial charge on any atom is 0.266 e. The summed E-state index contributed by atoms with van der Waals surface area (Å²) in [6.45, 7) is 2.02. The van der Waals surface area contributed by atoms with Crippen LogP contribution in [0, 0.1) is 30.6 Å². The summed E-state index contributed by atoms with van der Waals surface area (Å²) < 4.78 is 6.76. The van der Waals surface area contributed by atoms with Crippen LogP contribution < -0.4 is 10.1 Å². The minimum Gasteiger partial charge on any atom is -0.479 e. The van der Waals surface area contributed by atoms with Crippen molar-refractivity contribution in [1.29, 1.82) is 5.26 Å². The van der Waals surface area contributed by atoms with E-state index in [9.17, 15) is 10.1 Å². The van der Waals surface area contributed by atoms with Crippen LogP contribution in [0.4, 0.5) is 5.69 Å². The number of hydrogen-bond acceptors (Lipinski definition) is 3. The highest BCUT2D eigenvalue weighted by molar-refractivity contribution is 9.11. The number of nitrogens with one attached hydrogen (secondary N) is 1. The minimum atomic E-state index is -0.471. The van der Waals surface area contributed by atoms with Crippen LogP contribution in [0.1, 0.15) is 11.1 Å². The number of aryl methyl sites for hydroxylation is 1. The number of terminal acetylenes is 1. The van der Waals surface area contributed by atoms with Crippen LogP contribution in [0.25, 0.3) is 6.08 Å². The van der Waals surface area contributed by atoms with Crippen LogP contribution in [-0.4, -0.2) is 12.5 Å². The Kier molecular flexibility index (Phi) is 7.03. The summed E-state index contributed by atoms with van der Waals surface area (Å²) in [5.41, 5.74) is 2.23. The first kappa shape index (κ1) is 19.8. The SMILES string of the molecule is C#CCOc1c(Br)cc(/C=C(/C#N)C(=O)Nc2ccccc2C)cc1Br. The van der Waals surface area contributed by atoms with Gasteiger partial charge < -0.3 is 10.1 Å². The van der Waals surface area contributed by atoms with Crippen molar-refractivity contribution in [3.63, 3.8) is 0 Å². The van der Waals surface area contributed by atoms with E-state index < -0.39 is 5.91 Å². The van der Waals surface area contributed by atoms with Gasteiger partial charge in [-0.05, 0) is 74.2 Å². The van der Waals surface area contributed by atoms with Crippen molar-refractivity contribution in [2.24, 2.45) is 0 Å². The highest BCUT2D eigenvalue weighted by atomic mass is 79.9. The molecule has 2 aromatic carbocycles. The number of hydrogen-bond donors (Lipinski definition) is 1. The average Bonchev–Trinajstić information content (AvgIpc) is 2.61. The van der Waals surface area contributed by atoms with E-state index in [1.165, 1.54) is 6.08 Å². The van der Waals surface area contributed by atoms with E-state index in [0.29, 0.717) is 25.9 Å². The number of amides is 1. The fourth-order valence-electron chi connectivity index (χ4n) is 2.13. The summed E-state index contributed by atoms with van der Waals surface area (Å²) in [6.07, 6.45) is 6.71. The third-order valence-corrected chi connectivity index (χ3v) is 4.57. The lowest BCUT2D eigenvalue weighted by Gasteiger charge is -2.10. The molecule has 2 rings (SSSR count). The predicted molar refractivity (Wildman–Crippen MR) is 110 cm³/mol. The van der Waals surface area contributed by atoms with Crippen LogP contribution in [0.5, 0.6) is 5.75 Å². The molecular formula is C20H14Br2N2O2. The Morgan fingerprint density at radius 1 is 1.31 bits per heavy atom. The number of halogens is 2. The molecule has 1 N–H and O–H groups in total. The lowest BCUT2D eigenvalue weighted by atomic mass is 10.1. The maximum absolute atomic E-state index is 12.4. The molecule has 0 bridgehead atoms. The van der Waals surface area contributed by atoms with E-state index in [2.05, 4.69) is 43.1 Å². The highest BCUT2D eigenvalue weighted by Gasteiger charge is 2.13. The first-order chi connectivity index (χ1) is 12.5. The molecule has 0 heterocycles. The lowest BCUT2D eigenvalue weighted by molar-refractivity contribution is -0.112. The van der Waals surface area contributed by atoms with E-state index in [0.717, 1.165) is 5.56 Å². The van der Waals surface area contributed by atoms with E-state index in [-0.39, 0.29) is 12.2 Å². The third-order valence-electron chi connectivity index (χ3n) is 3.39. The first-order valence-corrected chi connectivity index (χ1v) is 9.09. The number of anilines is 1. The van der Waals surface area contributed by atoms with Crippen molar-refractivity contribution in [2.45, 2.75) is 6.92 Å². The third kappa shape index (κ3) is 4.98. The Hall–Kier alpha value is -2.54. The van der Waals surface area contributed by atoms with Crippen molar-refractivity contribution in [2.75, 3.05) is 11.9 Å². The van der Waals surface area contributed by atoms with E-state index in [4.69, 9.17) is 11.2 Å². The van der Waals surface area contributed by atoms with Gasteiger partial charge in [0.2, 0.25) is 0 Å². The zero-order chi connectivity index (χ0) is 19.1. The number of nitrogens with zero attached hydrogens (tertiary/aromatic N) is 1. The molecule has 0 atom stereocenters. The zero-order valence-electron chi connectivity index (χ0n) is 13.8. The molecule has 0 fully saturated rings. The summed E-state index contributed by atoms with van der Waals surface area (Å²) in [4.78, 5) is 12.4. The molecular weight excluding hydrogens is 460 g/mol. The van der Waals surface area contributed by atoms with Gasteiger partial charge in [-0.3, -0.25) is 4.79 Å². The monoisotopic (exact) mass is 472 g/mol. The van der Waals surface area contributed by atoms with Crippen LogP contribution in [-0.2, 0) is 4.79 Å². The average molecular weight is 474 g/mol. The zero-order valence-corrected chi connectivity index (χ0v) is 17.0. The van der Waals surface area contributed by atoms with Crippen LogP contribution in [0.3, 0.4) is 0 Å². The van der Waals surface area contributed by atoms with E-state index in [1.54, 1.807) is 18.2 Å². The van der Waals surface area contributed by atoms with Crippen molar-refractivity contribution in [1.82, 2.24) is 0 Å². The van der Waals surface area contributed by atoms with Gasteiger partial charge in [-0.25, -0.2) is 0 Å². The van der Waals surface area contributed by atoms with Gasteiger partial charge >= 0.3 is 0 Å². The molecule has 0 aromatic heterocycles. The molecule has 130 valence electrons. The van der Waals surface area contributed by atoms with Gasteiger partial charge in [0, 0.05) is 5.69 Å². The van der Waals surface area contributed by atoms with Gasteiger partial charge in [-0.15, -0.1) is 6.42 Å². The molecule has 0 unspecified atom stereocenters. The smallest absolute Gasteiger partial charge is 0.266 e. The quantitative estimate of drug-likeness (QED) is 0.374. The van der Waals surface area contributed by atoms with Crippen LogP contribution in [0.2, 0.25) is 0 Å². The summed E-state index contributed by atoms with van der Waals surface area (Å²) in [6, 6.07) is 12.8. The molecule has 2 aromatic rings. The highest BCUT2D eigenvalue weighted by Crippen LogP contribution is 2.35. The Balaban J connectivity index is 2.28. The number of carbonyl (C=O) groups is 1. The van der Waals surface area contributed by atoms with Crippen molar-refractivity contribution in [3.05, 3.63) is 62.0 Å². The summed E-state index contributed by atoms with van der Waals surface area (Å²) in [7, 11) is 0. The van der Waals surface area contributed by atoms with Gasteiger partial charge in [0.25, 0.3) is 5.91 Å². The first-order valence-electron chi connectivity index (χ1n) is 7.50. The van der Waals surface area contributed by atoms with Gasteiger partial charge in [0.05, 0.1) is 8.95 Å². The largest absolute Gasteiger partial charge is 0.479 e. The second-order valence-corrected chi connectivity index (χ2v) is 6.95. The number of benzene rings is 2.